The summed E-state index contributed by atoms with van der Waals surface area (Å²) in [7, 11) is 0. The van der Waals surface area contributed by atoms with E-state index in [4.69, 9.17) is 9.47 Å². The molecule has 0 atom stereocenters. The second-order valence-electron chi connectivity index (χ2n) is 6.77. The van der Waals surface area contributed by atoms with E-state index in [1.165, 1.54) is 11.8 Å². The highest BCUT2D eigenvalue weighted by Crippen LogP contribution is 2.32. The van der Waals surface area contributed by atoms with E-state index >= 15 is 0 Å². The number of para-hydroxylation sites is 1. The average Bonchev–Trinajstić information content (AvgIpc) is 3.15. The van der Waals surface area contributed by atoms with Gasteiger partial charge in [-0.25, -0.2) is 0 Å². The van der Waals surface area contributed by atoms with E-state index in [1.54, 1.807) is 0 Å². The summed E-state index contributed by atoms with van der Waals surface area (Å²) in [6.45, 7) is 6.12. The molecular formula is C22H26N2O4. The highest BCUT2D eigenvalue weighted by atomic mass is 16.7. The van der Waals surface area contributed by atoms with Gasteiger partial charge in [0.25, 0.3) is 0 Å². The van der Waals surface area contributed by atoms with Crippen LogP contribution in [0.15, 0.2) is 36.4 Å². The lowest BCUT2D eigenvalue weighted by Gasteiger charge is -2.22. The van der Waals surface area contributed by atoms with Crippen molar-refractivity contribution in [3.63, 3.8) is 0 Å². The molecule has 2 amide bonds. The highest BCUT2D eigenvalue weighted by Gasteiger charge is 2.19. The third-order valence-electron chi connectivity index (χ3n) is 4.85. The molecule has 0 aliphatic carbocycles. The van der Waals surface area contributed by atoms with Crippen molar-refractivity contribution in [2.75, 3.05) is 18.7 Å². The van der Waals surface area contributed by atoms with Gasteiger partial charge in [-0.05, 0) is 41.7 Å². The molecule has 0 saturated heterocycles. The first-order valence-corrected chi connectivity index (χ1v) is 9.56. The summed E-state index contributed by atoms with van der Waals surface area (Å²) in [4.78, 5) is 26.3. The molecule has 1 N–H and O–H groups in total. The van der Waals surface area contributed by atoms with E-state index in [2.05, 4.69) is 19.2 Å². The number of carbonyl (C=O) groups is 2. The lowest BCUT2D eigenvalue weighted by Crippen LogP contribution is -2.36. The zero-order valence-electron chi connectivity index (χ0n) is 16.6. The van der Waals surface area contributed by atoms with Gasteiger partial charge in [-0.15, -0.1) is 0 Å². The van der Waals surface area contributed by atoms with Crippen LogP contribution in [0.25, 0.3) is 0 Å². The molecule has 1 heterocycles. The zero-order chi connectivity index (χ0) is 20.1. The van der Waals surface area contributed by atoms with Gasteiger partial charge in [-0.3, -0.25) is 9.59 Å². The molecular weight excluding hydrogens is 356 g/mol. The van der Waals surface area contributed by atoms with Crippen LogP contribution in [-0.4, -0.2) is 30.1 Å². The number of ether oxygens (including phenoxy) is 2. The fraction of sp³-hybridized carbons (Fsp3) is 0.364. The van der Waals surface area contributed by atoms with Gasteiger partial charge in [0.15, 0.2) is 11.5 Å². The van der Waals surface area contributed by atoms with Crippen molar-refractivity contribution >= 4 is 17.5 Å². The second-order valence-corrected chi connectivity index (χ2v) is 6.77. The van der Waals surface area contributed by atoms with E-state index < -0.39 is 0 Å². The predicted octanol–water partition coefficient (Wildman–Crippen LogP) is 3.53. The summed E-state index contributed by atoms with van der Waals surface area (Å²) in [6.07, 6.45) is 1.66. The number of fused-ring (bicyclic) bond motifs is 1. The van der Waals surface area contributed by atoms with Gasteiger partial charge in [0.1, 0.15) is 6.54 Å². The molecule has 0 aromatic heterocycles. The van der Waals surface area contributed by atoms with Gasteiger partial charge < -0.3 is 19.7 Å². The monoisotopic (exact) mass is 382 g/mol. The first kappa shape index (κ1) is 19.7. The molecule has 6 nitrogen and oxygen atoms in total. The topological polar surface area (TPSA) is 67.9 Å². The number of anilines is 1. The summed E-state index contributed by atoms with van der Waals surface area (Å²) in [5.74, 6) is 0.993. The third-order valence-corrected chi connectivity index (χ3v) is 4.85. The summed E-state index contributed by atoms with van der Waals surface area (Å²) in [6, 6.07) is 11.6. The van der Waals surface area contributed by atoms with E-state index in [9.17, 15) is 9.59 Å². The van der Waals surface area contributed by atoms with Crippen molar-refractivity contribution in [3.05, 3.63) is 53.1 Å². The molecule has 1 aliphatic rings. The van der Waals surface area contributed by atoms with Gasteiger partial charge in [-0.2, -0.15) is 0 Å². The van der Waals surface area contributed by atoms with Crippen molar-refractivity contribution in [2.45, 2.75) is 40.2 Å². The molecule has 0 fully saturated rings. The van der Waals surface area contributed by atoms with E-state index in [-0.39, 0.29) is 25.2 Å². The van der Waals surface area contributed by atoms with E-state index in [0.29, 0.717) is 18.0 Å². The Morgan fingerprint density at radius 2 is 1.71 bits per heavy atom. The molecule has 3 rings (SSSR count). The predicted molar refractivity (Wildman–Crippen MR) is 107 cm³/mol. The van der Waals surface area contributed by atoms with Crippen LogP contribution in [0.4, 0.5) is 5.69 Å². The van der Waals surface area contributed by atoms with Crippen LogP contribution in [0.3, 0.4) is 0 Å². The molecule has 6 heteroatoms. The van der Waals surface area contributed by atoms with Gasteiger partial charge in [0.05, 0.1) is 0 Å². The molecule has 1 aliphatic heterocycles. The molecule has 2 aromatic carbocycles. The number of aryl methyl sites for hydroxylation is 2. The van der Waals surface area contributed by atoms with Gasteiger partial charge in [-0.1, -0.05) is 38.1 Å². The Bertz CT molecular complexity index is 857. The number of nitrogens with one attached hydrogen (secondary N) is 1. The number of nitrogens with zero attached hydrogens (tertiary/aromatic N) is 1. The Balaban J connectivity index is 1.71. The lowest BCUT2D eigenvalue weighted by atomic mass is 10.0. The van der Waals surface area contributed by atoms with Crippen LogP contribution >= 0.6 is 0 Å². The van der Waals surface area contributed by atoms with Crippen molar-refractivity contribution in [3.8, 4) is 11.5 Å². The fourth-order valence-corrected chi connectivity index (χ4v) is 3.29. The number of carbonyl (C=O) groups excluding carboxylic acids is 2. The average molecular weight is 382 g/mol. The van der Waals surface area contributed by atoms with Gasteiger partial charge >= 0.3 is 0 Å². The molecule has 0 spiro atoms. The van der Waals surface area contributed by atoms with E-state index in [1.807, 2.05) is 36.4 Å². The normalized spacial score (nSPS) is 12.0. The Kier molecular flexibility index (Phi) is 6.19. The summed E-state index contributed by atoms with van der Waals surface area (Å²) in [5, 5.41) is 3.02. The number of amides is 2. The quantitative estimate of drug-likeness (QED) is 0.795. The van der Waals surface area contributed by atoms with Gasteiger partial charge in [0, 0.05) is 19.2 Å². The smallest absolute Gasteiger partial charge is 0.244 e. The Labute approximate surface area is 165 Å². The minimum absolute atomic E-state index is 0.00895. The molecule has 148 valence electrons. The molecule has 0 bridgehead atoms. The van der Waals surface area contributed by atoms with Crippen LogP contribution in [0, 0.1) is 0 Å². The molecule has 28 heavy (non-hydrogen) atoms. The van der Waals surface area contributed by atoms with Crippen LogP contribution in [0.5, 0.6) is 11.5 Å². The SMILES string of the molecule is CCc1cccc(CC)c1NC(=O)CN(Cc1ccc2c(c1)OCO2)C(C)=O. The minimum Gasteiger partial charge on any atom is -0.454 e. The number of benzene rings is 2. The molecule has 0 unspecified atom stereocenters. The minimum atomic E-state index is -0.202. The summed E-state index contributed by atoms with van der Waals surface area (Å²) in [5.41, 5.74) is 3.94. The lowest BCUT2D eigenvalue weighted by molar-refractivity contribution is -0.133. The highest BCUT2D eigenvalue weighted by molar-refractivity contribution is 5.95. The van der Waals surface area contributed by atoms with Crippen LogP contribution in [0.1, 0.15) is 37.5 Å². The van der Waals surface area contributed by atoms with Crippen molar-refractivity contribution < 1.29 is 19.1 Å². The van der Waals surface area contributed by atoms with Crippen molar-refractivity contribution in [1.29, 1.82) is 0 Å². The zero-order valence-corrected chi connectivity index (χ0v) is 16.6. The molecule has 2 aromatic rings. The number of hydrogen-bond donors (Lipinski definition) is 1. The third kappa shape index (κ3) is 4.44. The van der Waals surface area contributed by atoms with Crippen molar-refractivity contribution in [1.82, 2.24) is 4.90 Å². The molecule has 0 radical (unpaired) electrons. The van der Waals surface area contributed by atoms with Gasteiger partial charge in [0.2, 0.25) is 18.6 Å². The van der Waals surface area contributed by atoms with Crippen LogP contribution in [-0.2, 0) is 29.0 Å². The van der Waals surface area contributed by atoms with E-state index in [0.717, 1.165) is 35.2 Å². The van der Waals surface area contributed by atoms with Crippen molar-refractivity contribution in [2.24, 2.45) is 0 Å². The van der Waals surface area contributed by atoms with Crippen LogP contribution < -0.4 is 14.8 Å². The first-order chi connectivity index (χ1) is 13.5. The maximum absolute atomic E-state index is 12.7. The summed E-state index contributed by atoms with van der Waals surface area (Å²) < 4.78 is 10.7. The second kappa shape index (κ2) is 8.78. The Hall–Kier alpha value is -3.02. The Morgan fingerprint density at radius 1 is 1.04 bits per heavy atom. The Morgan fingerprint density at radius 3 is 2.36 bits per heavy atom. The molecule has 0 saturated carbocycles. The van der Waals surface area contributed by atoms with Crippen LogP contribution in [0.2, 0.25) is 0 Å². The maximum Gasteiger partial charge on any atom is 0.244 e. The maximum atomic E-state index is 12.7. The fourth-order valence-electron chi connectivity index (χ4n) is 3.29. The first-order valence-electron chi connectivity index (χ1n) is 9.56. The number of hydrogen-bond acceptors (Lipinski definition) is 4. The number of rotatable bonds is 7. The largest absolute Gasteiger partial charge is 0.454 e. The summed E-state index contributed by atoms with van der Waals surface area (Å²) >= 11 is 0. The standard InChI is InChI=1S/C22H26N2O4/c1-4-17-7-6-8-18(5-2)22(17)23-21(26)13-24(15(3)25)12-16-9-10-19-20(11-16)28-14-27-19/h6-11H,4-5,12-14H2,1-3H3,(H,23,26).